The van der Waals surface area contributed by atoms with Crippen molar-refractivity contribution in [1.82, 2.24) is 4.90 Å². The minimum Gasteiger partial charge on any atom is -0.376 e. The lowest BCUT2D eigenvalue weighted by Crippen LogP contribution is -2.50. The summed E-state index contributed by atoms with van der Waals surface area (Å²) in [7, 11) is 0. The van der Waals surface area contributed by atoms with Gasteiger partial charge < -0.3 is 20.4 Å². The summed E-state index contributed by atoms with van der Waals surface area (Å²) in [6.45, 7) is 4.85. The van der Waals surface area contributed by atoms with Crippen molar-refractivity contribution in [2.45, 2.75) is 6.92 Å². The van der Waals surface area contributed by atoms with Gasteiger partial charge in [0, 0.05) is 50.2 Å². The zero-order valence-corrected chi connectivity index (χ0v) is 14.9. The quantitative estimate of drug-likeness (QED) is 0.867. The maximum absolute atomic E-state index is 12.5. The highest BCUT2D eigenvalue weighted by atomic mass is 16.2. The Morgan fingerprint density at radius 3 is 2.31 bits per heavy atom. The van der Waals surface area contributed by atoms with E-state index < -0.39 is 0 Å². The Morgan fingerprint density at radius 2 is 1.62 bits per heavy atom. The van der Waals surface area contributed by atoms with Crippen molar-refractivity contribution in [2.75, 3.05) is 48.3 Å². The summed E-state index contributed by atoms with van der Waals surface area (Å²) in [5, 5.41) is 5.88. The molecule has 26 heavy (non-hydrogen) atoms. The predicted octanol–water partition coefficient (Wildman–Crippen LogP) is 2.41. The second-order valence-corrected chi connectivity index (χ2v) is 6.32. The van der Waals surface area contributed by atoms with Gasteiger partial charge in [0.05, 0.1) is 6.54 Å². The summed E-state index contributed by atoms with van der Waals surface area (Å²) in [4.78, 5) is 27.8. The minimum atomic E-state index is -0.116. The topological polar surface area (TPSA) is 64.7 Å². The van der Waals surface area contributed by atoms with Gasteiger partial charge in [-0.15, -0.1) is 0 Å². The van der Waals surface area contributed by atoms with Gasteiger partial charge in [-0.2, -0.15) is 0 Å². The summed E-state index contributed by atoms with van der Waals surface area (Å²) in [6.07, 6.45) is 0. The van der Waals surface area contributed by atoms with E-state index in [-0.39, 0.29) is 18.4 Å². The Morgan fingerprint density at radius 1 is 0.923 bits per heavy atom. The van der Waals surface area contributed by atoms with Gasteiger partial charge in [-0.3, -0.25) is 9.59 Å². The first-order chi connectivity index (χ1) is 12.6. The van der Waals surface area contributed by atoms with Crippen LogP contribution >= 0.6 is 0 Å². The molecular formula is C20H24N4O2. The lowest BCUT2D eigenvalue weighted by atomic mass is 10.2. The average molecular weight is 352 g/mol. The van der Waals surface area contributed by atoms with Gasteiger partial charge in [-0.05, 0) is 30.3 Å². The molecule has 2 amide bonds. The van der Waals surface area contributed by atoms with Gasteiger partial charge in [0.25, 0.3) is 0 Å². The molecule has 1 heterocycles. The summed E-state index contributed by atoms with van der Waals surface area (Å²) < 4.78 is 0. The number of nitrogens with one attached hydrogen (secondary N) is 2. The number of hydrogen-bond acceptors (Lipinski definition) is 4. The van der Waals surface area contributed by atoms with E-state index in [9.17, 15) is 9.59 Å². The van der Waals surface area contributed by atoms with E-state index in [0.717, 1.165) is 31.9 Å². The van der Waals surface area contributed by atoms with Crippen LogP contribution in [0.2, 0.25) is 0 Å². The highest BCUT2D eigenvalue weighted by Gasteiger charge is 2.20. The van der Waals surface area contributed by atoms with Gasteiger partial charge >= 0.3 is 0 Å². The van der Waals surface area contributed by atoms with Crippen LogP contribution < -0.4 is 15.5 Å². The Balaban J connectivity index is 1.48. The van der Waals surface area contributed by atoms with Crippen molar-refractivity contribution in [3.05, 3.63) is 54.6 Å². The maximum Gasteiger partial charge on any atom is 0.241 e. The molecule has 2 N–H and O–H groups in total. The lowest BCUT2D eigenvalue weighted by molar-refractivity contribution is -0.129. The fourth-order valence-corrected chi connectivity index (χ4v) is 3.05. The average Bonchev–Trinajstić information content (AvgIpc) is 2.67. The molecule has 136 valence electrons. The molecular weight excluding hydrogens is 328 g/mol. The maximum atomic E-state index is 12.5. The highest BCUT2D eigenvalue weighted by Crippen LogP contribution is 2.17. The van der Waals surface area contributed by atoms with Crippen LogP contribution in [0.15, 0.2) is 54.6 Å². The predicted molar refractivity (Wildman–Crippen MR) is 104 cm³/mol. The minimum absolute atomic E-state index is 0.0858. The van der Waals surface area contributed by atoms with Gasteiger partial charge in [0.15, 0.2) is 0 Å². The summed E-state index contributed by atoms with van der Waals surface area (Å²) in [5.74, 6) is -0.0304. The van der Waals surface area contributed by atoms with Gasteiger partial charge in [0.2, 0.25) is 11.8 Å². The molecule has 1 fully saturated rings. The van der Waals surface area contributed by atoms with E-state index >= 15 is 0 Å². The van der Waals surface area contributed by atoms with E-state index in [2.05, 4.69) is 27.7 Å². The molecule has 1 aliphatic heterocycles. The monoisotopic (exact) mass is 352 g/mol. The van der Waals surface area contributed by atoms with Gasteiger partial charge in [-0.1, -0.05) is 24.3 Å². The van der Waals surface area contributed by atoms with E-state index in [1.807, 2.05) is 47.4 Å². The van der Waals surface area contributed by atoms with Crippen molar-refractivity contribution in [1.29, 1.82) is 0 Å². The first-order valence-corrected chi connectivity index (χ1v) is 8.81. The molecule has 2 aromatic carbocycles. The number of para-hydroxylation sites is 1. The molecule has 1 aliphatic rings. The number of anilines is 3. The molecule has 0 aliphatic carbocycles. The zero-order valence-electron chi connectivity index (χ0n) is 14.9. The van der Waals surface area contributed by atoms with Crippen LogP contribution in [0.25, 0.3) is 0 Å². The standard InChI is InChI=1S/C20H24N4O2/c1-16(25)22-18-7-5-6-17(14-18)21-15-20(26)24-12-10-23(11-13-24)19-8-3-2-4-9-19/h2-9,14,21H,10-13,15H2,1H3,(H,22,25). The number of carbonyl (C=O) groups is 2. The third-order valence-corrected chi connectivity index (χ3v) is 4.38. The molecule has 0 atom stereocenters. The SMILES string of the molecule is CC(=O)Nc1cccc(NCC(=O)N2CCN(c3ccccc3)CC2)c1. The fraction of sp³-hybridized carbons (Fsp3) is 0.300. The van der Waals surface area contributed by atoms with Crippen molar-refractivity contribution in [3.63, 3.8) is 0 Å². The summed E-state index contributed by atoms with van der Waals surface area (Å²) in [5.41, 5.74) is 2.73. The first kappa shape index (κ1) is 17.8. The van der Waals surface area contributed by atoms with Crippen molar-refractivity contribution < 1.29 is 9.59 Å². The van der Waals surface area contributed by atoms with Crippen LogP contribution in [0.1, 0.15) is 6.92 Å². The number of amides is 2. The second-order valence-electron chi connectivity index (χ2n) is 6.32. The molecule has 6 heteroatoms. The molecule has 2 aromatic rings. The van der Waals surface area contributed by atoms with Gasteiger partial charge in [0.1, 0.15) is 0 Å². The number of piperazine rings is 1. The molecule has 0 bridgehead atoms. The van der Waals surface area contributed by atoms with Crippen LogP contribution in [0.5, 0.6) is 0 Å². The highest BCUT2D eigenvalue weighted by molar-refractivity contribution is 5.89. The number of hydrogen-bond donors (Lipinski definition) is 2. The second kappa shape index (κ2) is 8.38. The number of rotatable bonds is 5. The Hall–Kier alpha value is -3.02. The smallest absolute Gasteiger partial charge is 0.241 e. The van der Waals surface area contributed by atoms with E-state index in [4.69, 9.17) is 0 Å². The molecule has 0 unspecified atom stereocenters. The van der Waals surface area contributed by atoms with Crippen LogP contribution in [-0.2, 0) is 9.59 Å². The van der Waals surface area contributed by atoms with Crippen LogP contribution in [0.3, 0.4) is 0 Å². The van der Waals surface area contributed by atoms with Crippen molar-refractivity contribution in [3.8, 4) is 0 Å². The van der Waals surface area contributed by atoms with Crippen molar-refractivity contribution in [2.24, 2.45) is 0 Å². The lowest BCUT2D eigenvalue weighted by Gasteiger charge is -2.36. The molecule has 0 radical (unpaired) electrons. The first-order valence-electron chi connectivity index (χ1n) is 8.81. The zero-order chi connectivity index (χ0) is 18.4. The number of nitrogens with zero attached hydrogens (tertiary/aromatic N) is 2. The Kier molecular flexibility index (Phi) is 5.73. The molecule has 0 aromatic heterocycles. The third-order valence-electron chi connectivity index (χ3n) is 4.38. The van der Waals surface area contributed by atoms with Crippen LogP contribution in [0, 0.1) is 0 Å². The fourth-order valence-electron chi connectivity index (χ4n) is 3.05. The van der Waals surface area contributed by atoms with E-state index in [0.29, 0.717) is 5.69 Å². The third kappa shape index (κ3) is 4.75. The van der Waals surface area contributed by atoms with E-state index in [1.165, 1.54) is 12.6 Å². The van der Waals surface area contributed by atoms with Crippen LogP contribution in [0.4, 0.5) is 17.1 Å². The summed E-state index contributed by atoms with van der Waals surface area (Å²) in [6, 6.07) is 17.6. The molecule has 1 saturated heterocycles. The molecule has 0 spiro atoms. The molecule has 6 nitrogen and oxygen atoms in total. The van der Waals surface area contributed by atoms with Crippen LogP contribution in [-0.4, -0.2) is 49.4 Å². The number of carbonyl (C=O) groups excluding carboxylic acids is 2. The normalized spacial score (nSPS) is 14.0. The molecule has 3 rings (SSSR count). The largest absolute Gasteiger partial charge is 0.376 e. The Bertz CT molecular complexity index is 755. The van der Waals surface area contributed by atoms with Crippen molar-refractivity contribution >= 4 is 28.9 Å². The van der Waals surface area contributed by atoms with E-state index in [1.54, 1.807) is 0 Å². The Labute approximate surface area is 153 Å². The number of benzene rings is 2. The summed E-state index contributed by atoms with van der Waals surface area (Å²) >= 11 is 0. The van der Waals surface area contributed by atoms with Gasteiger partial charge in [-0.25, -0.2) is 0 Å². The molecule has 0 saturated carbocycles.